The summed E-state index contributed by atoms with van der Waals surface area (Å²) in [5, 5.41) is 12.7. The number of piperidine rings is 1. The van der Waals surface area contributed by atoms with E-state index < -0.39 is 0 Å². The molecule has 1 amide bonds. The molecular weight excluding hydrogens is 268 g/mol. The minimum Gasteiger partial charge on any atom is -0.465 e. The highest BCUT2D eigenvalue weighted by molar-refractivity contribution is 5.81. The summed E-state index contributed by atoms with van der Waals surface area (Å²) in [6.45, 7) is 4.56. The van der Waals surface area contributed by atoms with Crippen LogP contribution in [0.3, 0.4) is 0 Å². The second-order valence-electron chi connectivity index (χ2n) is 6.37. The summed E-state index contributed by atoms with van der Waals surface area (Å²) in [4.78, 5) is 14.3. The maximum Gasteiger partial charge on any atom is 0.223 e. The lowest BCUT2D eigenvalue weighted by Gasteiger charge is -2.37. The molecule has 1 aromatic heterocycles. The van der Waals surface area contributed by atoms with Crippen molar-refractivity contribution in [3.8, 4) is 0 Å². The number of aliphatic hydroxyl groups is 1. The van der Waals surface area contributed by atoms with Gasteiger partial charge in [0.15, 0.2) is 0 Å². The first-order valence-corrected chi connectivity index (χ1v) is 7.84. The molecule has 0 unspecified atom stereocenters. The van der Waals surface area contributed by atoms with Crippen LogP contribution in [0.1, 0.15) is 30.8 Å². The van der Waals surface area contributed by atoms with Crippen LogP contribution in [0.25, 0.3) is 0 Å². The van der Waals surface area contributed by atoms with Crippen molar-refractivity contribution < 1.29 is 14.3 Å². The molecule has 0 aromatic carbocycles. The number of likely N-dealkylation sites (tertiary alicyclic amines) is 1. The third-order valence-electron chi connectivity index (χ3n) is 4.53. The van der Waals surface area contributed by atoms with Crippen LogP contribution in [0.2, 0.25) is 0 Å². The molecule has 1 aromatic rings. The van der Waals surface area contributed by atoms with Crippen molar-refractivity contribution in [2.45, 2.75) is 38.8 Å². The number of nitrogens with one attached hydrogen (secondary N) is 1. The van der Waals surface area contributed by atoms with E-state index in [9.17, 15) is 9.90 Å². The predicted molar refractivity (Wildman–Crippen MR) is 78.6 cm³/mol. The molecular formula is C16H24N2O3. The molecule has 2 atom stereocenters. The Balaban J connectivity index is 1.58. The van der Waals surface area contributed by atoms with Gasteiger partial charge in [-0.1, -0.05) is 0 Å². The first kappa shape index (κ1) is 14.6. The highest BCUT2D eigenvalue weighted by Gasteiger charge is 2.35. The third-order valence-corrected chi connectivity index (χ3v) is 4.53. The van der Waals surface area contributed by atoms with E-state index in [1.807, 2.05) is 19.1 Å². The van der Waals surface area contributed by atoms with Crippen LogP contribution in [-0.4, -0.2) is 41.7 Å². The number of amides is 1. The average Bonchev–Trinajstić information content (AvgIpc) is 3.24. The van der Waals surface area contributed by atoms with Crippen molar-refractivity contribution in [3.63, 3.8) is 0 Å². The molecule has 116 valence electrons. The molecule has 0 bridgehead atoms. The summed E-state index contributed by atoms with van der Waals surface area (Å²) in [7, 11) is 0. The Morgan fingerprint density at radius 1 is 1.43 bits per heavy atom. The lowest BCUT2D eigenvalue weighted by molar-refractivity contribution is -0.124. The molecule has 1 aliphatic carbocycles. The lowest BCUT2D eigenvalue weighted by Crippen LogP contribution is -2.53. The Morgan fingerprint density at radius 3 is 2.86 bits per heavy atom. The van der Waals surface area contributed by atoms with Gasteiger partial charge in [0.25, 0.3) is 0 Å². The number of rotatable bonds is 5. The average molecular weight is 292 g/mol. The van der Waals surface area contributed by atoms with Crippen LogP contribution >= 0.6 is 0 Å². The zero-order chi connectivity index (χ0) is 14.8. The van der Waals surface area contributed by atoms with Gasteiger partial charge in [-0.15, -0.1) is 0 Å². The van der Waals surface area contributed by atoms with E-state index in [0.29, 0.717) is 0 Å². The maximum atomic E-state index is 12.0. The largest absolute Gasteiger partial charge is 0.465 e. The molecule has 0 spiro atoms. The minimum absolute atomic E-state index is 0.0490. The SMILES string of the molecule is Cc1ccc(CN2CC[C@H](CO)[C@H](NC(=O)C3CC3)C2)o1. The van der Waals surface area contributed by atoms with E-state index in [1.165, 1.54) is 0 Å². The highest BCUT2D eigenvalue weighted by atomic mass is 16.3. The van der Waals surface area contributed by atoms with Gasteiger partial charge in [-0.05, 0) is 44.9 Å². The number of carbonyl (C=O) groups excluding carboxylic acids is 1. The number of hydrogen-bond donors (Lipinski definition) is 2. The van der Waals surface area contributed by atoms with E-state index >= 15 is 0 Å². The molecule has 2 aliphatic rings. The van der Waals surface area contributed by atoms with Crippen LogP contribution in [0.5, 0.6) is 0 Å². The zero-order valence-corrected chi connectivity index (χ0v) is 12.5. The molecule has 5 nitrogen and oxygen atoms in total. The Kier molecular flexibility index (Phi) is 4.31. The van der Waals surface area contributed by atoms with E-state index in [4.69, 9.17) is 4.42 Å². The van der Waals surface area contributed by atoms with Gasteiger partial charge in [-0.2, -0.15) is 0 Å². The minimum atomic E-state index is 0.0490. The van der Waals surface area contributed by atoms with Gasteiger partial charge in [0.2, 0.25) is 5.91 Å². The van der Waals surface area contributed by atoms with Crippen LogP contribution in [0.4, 0.5) is 0 Å². The predicted octanol–water partition coefficient (Wildman–Crippen LogP) is 1.30. The zero-order valence-electron chi connectivity index (χ0n) is 12.5. The molecule has 1 saturated carbocycles. The number of carbonyl (C=O) groups is 1. The van der Waals surface area contributed by atoms with Crippen molar-refractivity contribution in [1.29, 1.82) is 0 Å². The molecule has 2 fully saturated rings. The molecule has 21 heavy (non-hydrogen) atoms. The van der Waals surface area contributed by atoms with Crippen molar-refractivity contribution >= 4 is 5.91 Å². The topological polar surface area (TPSA) is 65.7 Å². The second-order valence-corrected chi connectivity index (χ2v) is 6.37. The molecule has 2 heterocycles. The van der Waals surface area contributed by atoms with Gasteiger partial charge in [0.05, 0.1) is 6.54 Å². The van der Waals surface area contributed by atoms with Gasteiger partial charge in [-0.25, -0.2) is 0 Å². The van der Waals surface area contributed by atoms with E-state index in [0.717, 1.165) is 50.4 Å². The Bertz CT molecular complexity index is 495. The molecule has 1 aliphatic heterocycles. The first-order valence-electron chi connectivity index (χ1n) is 7.84. The summed E-state index contributed by atoms with van der Waals surface area (Å²) in [5.74, 6) is 2.43. The number of furan rings is 1. The Morgan fingerprint density at radius 2 is 2.24 bits per heavy atom. The summed E-state index contributed by atoms with van der Waals surface area (Å²) < 4.78 is 5.63. The standard InChI is InChI=1S/C16H24N2O3/c1-11-2-5-14(21-11)8-18-7-6-13(10-19)15(9-18)17-16(20)12-3-4-12/h2,5,12-13,15,19H,3-4,6-10H2,1H3,(H,17,20)/t13-,15-/m1/s1. The smallest absolute Gasteiger partial charge is 0.223 e. The van der Waals surface area contributed by atoms with Crippen molar-refractivity contribution in [2.75, 3.05) is 19.7 Å². The highest BCUT2D eigenvalue weighted by Crippen LogP contribution is 2.30. The summed E-state index contributed by atoms with van der Waals surface area (Å²) in [5.41, 5.74) is 0. The molecule has 5 heteroatoms. The molecule has 1 saturated heterocycles. The van der Waals surface area contributed by atoms with Crippen LogP contribution in [0.15, 0.2) is 16.5 Å². The van der Waals surface area contributed by atoms with Gasteiger partial charge < -0.3 is 14.8 Å². The van der Waals surface area contributed by atoms with E-state index in [1.54, 1.807) is 0 Å². The number of aryl methyl sites for hydroxylation is 1. The first-order chi connectivity index (χ1) is 10.2. The van der Waals surface area contributed by atoms with E-state index in [2.05, 4.69) is 10.2 Å². The quantitative estimate of drug-likeness (QED) is 0.858. The third kappa shape index (κ3) is 3.66. The fraction of sp³-hybridized carbons (Fsp3) is 0.688. The second kappa shape index (κ2) is 6.20. The molecule has 0 radical (unpaired) electrons. The van der Waals surface area contributed by atoms with Gasteiger partial charge in [0, 0.05) is 31.0 Å². The molecule has 2 N–H and O–H groups in total. The fourth-order valence-corrected chi connectivity index (χ4v) is 3.03. The summed E-state index contributed by atoms with van der Waals surface area (Å²) >= 11 is 0. The normalized spacial score (nSPS) is 26.8. The van der Waals surface area contributed by atoms with Gasteiger partial charge in [0.1, 0.15) is 11.5 Å². The van der Waals surface area contributed by atoms with Crippen molar-refractivity contribution in [3.05, 3.63) is 23.7 Å². The van der Waals surface area contributed by atoms with Crippen LogP contribution in [0, 0.1) is 18.8 Å². The van der Waals surface area contributed by atoms with Crippen LogP contribution in [-0.2, 0) is 11.3 Å². The lowest BCUT2D eigenvalue weighted by atomic mass is 9.92. The number of aliphatic hydroxyl groups excluding tert-OH is 1. The van der Waals surface area contributed by atoms with E-state index in [-0.39, 0.29) is 30.4 Å². The monoisotopic (exact) mass is 292 g/mol. The fourth-order valence-electron chi connectivity index (χ4n) is 3.03. The Labute approximate surface area is 125 Å². The van der Waals surface area contributed by atoms with Gasteiger partial charge >= 0.3 is 0 Å². The van der Waals surface area contributed by atoms with Gasteiger partial charge in [-0.3, -0.25) is 9.69 Å². The molecule has 3 rings (SSSR count). The number of hydrogen-bond acceptors (Lipinski definition) is 4. The summed E-state index contributed by atoms with van der Waals surface area (Å²) in [6, 6.07) is 4.03. The van der Waals surface area contributed by atoms with Crippen molar-refractivity contribution in [2.24, 2.45) is 11.8 Å². The number of nitrogens with zero attached hydrogens (tertiary/aromatic N) is 1. The maximum absolute atomic E-state index is 12.0. The van der Waals surface area contributed by atoms with Crippen molar-refractivity contribution in [1.82, 2.24) is 10.2 Å². The summed E-state index contributed by atoms with van der Waals surface area (Å²) in [6.07, 6.45) is 2.93. The Hall–Kier alpha value is -1.33. The van der Waals surface area contributed by atoms with Crippen LogP contribution < -0.4 is 5.32 Å².